The predicted octanol–water partition coefficient (Wildman–Crippen LogP) is 4.46. The summed E-state index contributed by atoms with van der Waals surface area (Å²) in [5, 5.41) is 7.12. The van der Waals surface area contributed by atoms with Gasteiger partial charge in [0, 0.05) is 29.9 Å². The molecule has 0 bridgehead atoms. The van der Waals surface area contributed by atoms with Crippen molar-refractivity contribution in [3.63, 3.8) is 0 Å². The lowest BCUT2D eigenvalue weighted by molar-refractivity contribution is -0.192. The molecule has 9 nitrogen and oxygen atoms in total. The number of carboxylic acids is 1. The van der Waals surface area contributed by atoms with E-state index in [0.717, 1.165) is 17.6 Å². The minimum atomic E-state index is -5.08. The molecule has 1 spiro atoms. The number of benzene rings is 2. The van der Waals surface area contributed by atoms with E-state index in [2.05, 4.69) is 4.98 Å². The zero-order chi connectivity index (χ0) is 29.5. The number of pyridine rings is 1. The highest BCUT2D eigenvalue weighted by atomic mass is 19.4. The molecule has 3 aliphatic heterocycles. The third-order valence-electron chi connectivity index (χ3n) is 6.85. The molecule has 41 heavy (non-hydrogen) atoms. The molecule has 4 heterocycles. The zero-order valence-corrected chi connectivity index (χ0v) is 21.4. The molecular weight excluding hydrogens is 548 g/mol. The normalized spacial score (nSPS) is 19.3. The Labute approximate surface area is 230 Å². The van der Waals surface area contributed by atoms with Gasteiger partial charge < -0.3 is 20.3 Å². The second-order valence-corrected chi connectivity index (χ2v) is 9.27. The van der Waals surface area contributed by atoms with Crippen LogP contribution in [0, 0.1) is 5.95 Å². The van der Waals surface area contributed by atoms with Crippen LogP contribution >= 0.6 is 0 Å². The van der Waals surface area contributed by atoms with Gasteiger partial charge in [-0.25, -0.2) is 14.8 Å². The van der Waals surface area contributed by atoms with Gasteiger partial charge in [0.1, 0.15) is 11.5 Å². The number of rotatable bonds is 2. The number of carboxylic acid groups (broad SMARTS) is 1. The number of carbonyl (C=O) groups excluding carboxylic acids is 1. The van der Waals surface area contributed by atoms with E-state index < -0.39 is 23.6 Å². The molecule has 0 saturated carbocycles. The number of carbonyl (C=O) groups is 2. The molecule has 3 aliphatic rings. The van der Waals surface area contributed by atoms with Crippen LogP contribution in [-0.2, 0) is 19.9 Å². The standard InChI is InChI=1S/C26H21FN4O3.C2HF3O2/c1-31-24(32)26(30-25(31)28)19-13-16(15-8-11-33-12-9-15)4-6-21(19)34-22-7-5-17(14-20(22)26)18-3-2-10-29-23(18)27;3-2(4,5)1(6)7/h2-8,10,13-14H,9,11-12H2,1H3,(H2,28,30);(H,6,7). The van der Waals surface area contributed by atoms with Crippen molar-refractivity contribution in [2.24, 2.45) is 10.7 Å². The average molecular weight is 570 g/mol. The molecule has 3 N–H and O–H groups in total. The van der Waals surface area contributed by atoms with Gasteiger partial charge in [-0.3, -0.25) is 9.69 Å². The number of nitrogens with two attached hydrogens (primary N) is 1. The summed E-state index contributed by atoms with van der Waals surface area (Å²) in [6, 6.07) is 14.3. The summed E-state index contributed by atoms with van der Waals surface area (Å²) in [5.41, 5.74) is 8.83. The Morgan fingerprint density at radius 3 is 2.27 bits per heavy atom. The van der Waals surface area contributed by atoms with E-state index in [1.54, 1.807) is 37.4 Å². The SMILES string of the molecule is CN1C(=O)C2(N=C1N)c1cc(C3=CCOCC3)ccc1Oc1ccc(-c3cccnc3F)cc12.O=C(O)C(F)(F)F. The first kappa shape index (κ1) is 27.8. The smallest absolute Gasteiger partial charge is 0.475 e. The summed E-state index contributed by atoms with van der Waals surface area (Å²) in [7, 11) is 1.60. The van der Waals surface area contributed by atoms with Crippen molar-refractivity contribution < 1.29 is 41.7 Å². The van der Waals surface area contributed by atoms with Gasteiger partial charge in [-0.15, -0.1) is 0 Å². The number of aromatic nitrogens is 1. The van der Waals surface area contributed by atoms with Crippen molar-refractivity contribution in [1.82, 2.24) is 9.88 Å². The lowest BCUT2D eigenvalue weighted by Crippen LogP contribution is -2.42. The van der Waals surface area contributed by atoms with Crippen LogP contribution in [0.4, 0.5) is 17.6 Å². The lowest BCUT2D eigenvalue weighted by atomic mass is 9.78. The Hall–Kier alpha value is -4.78. The lowest BCUT2D eigenvalue weighted by Gasteiger charge is -2.34. The molecular formula is C28H22F4N4O5. The molecule has 1 amide bonds. The largest absolute Gasteiger partial charge is 0.490 e. The second-order valence-electron chi connectivity index (χ2n) is 9.27. The molecule has 0 saturated heterocycles. The number of alkyl halides is 3. The Balaban J connectivity index is 0.000000431. The van der Waals surface area contributed by atoms with Crippen LogP contribution in [0.2, 0.25) is 0 Å². The molecule has 1 unspecified atom stereocenters. The molecule has 1 atom stereocenters. The molecule has 3 aromatic rings. The maximum Gasteiger partial charge on any atom is 0.490 e. The van der Waals surface area contributed by atoms with Gasteiger partial charge in [0.15, 0.2) is 5.96 Å². The van der Waals surface area contributed by atoms with Gasteiger partial charge >= 0.3 is 12.1 Å². The number of guanidine groups is 1. The summed E-state index contributed by atoms with van der Waals surface area (Å²) in [6.07, 6.45) is -0.878. The first-order valence-electron chi connectivity index (χ1n) is 12.2. The Morgan fingerprint density at radius 1 is 1.10 bits per heavy atom. The monoisotopic (exact) mass is 570 g/mol. The Morgan fingerprint density at radius 2 is 1.73 bits per heavy atom. The summed E-state index contributed by atoms with van der Waals surface area (Å²) in [5.74, 6) is -2.54. The third kappa shape index (κ3) is 4.88. The molecule has 2 aromatic carbocycles. The number of aliphatic carboxylic acids is 1. The minimum absolute atomic E-state index is 0.109. The van der Waals surface area contributed by atoms with E-state index >= 15 is 0 Å². The fourth-order valence-electron chi connectivity index (χ4n) is 4.82. The number of halogens is 4. The molecule has 0 fully saturated rings. The van der Waals surface area contributed by atoms with E-state index in [0.29, 0.717) is 47.0 Å². The van der Waals surface area contributed by atoms with Gasteiger partial charge in [-0.1, -0.05) is 18.2 Å². The van der Waals surface area contributed by atoms with Crippen LogP contribution in [-0.4, -0.2) is 59.3 Å². The number of hydrogen-bond acceptors (Lipinski definition) is 7. The summed E-state index contributed by atoms with van der Waals surface area (Å²) in [4.78, 5) is 32.5. The zero-order valence-electron chi connectivity index (χ0n) is 21.4. The van der Waals surface area contributed by atoms with Crippen molar-refractivity contribution >= 4 is 23.4 Å². The number of amides is 1. The molecule has 0 aliphatic carbocycles. The number of aliphatic imine (C=N–C) groups is 1. The van der Waals surface area contributed by atoms with Crippen LogP contribution in [0.25, 0.3) is 16.7 Å². The van der Waals surface area contributed by atoms with Crippen LogP contribution in [0.3, 0.4) is 0 Å². The van der Waals surface area contributed by atoms with Gasteiger partial charge in [0.05, 0.1) is 13.2 Å². The highest BCUT2D eigenvalue weighted by Gasteiger charge is 2.54. The van der Waals surface area contributed by atoms with Crippen LogP contribution in [0.1, 0.15) is 23.1 Å². The van der Waals surface area contributed by atoms with Crippen molar-refractivity contribution in [2.45, 2.75) is 18.1 Å². The summed E-state index contributed by atoms with van der Waals surface area (Å²) in [6.45, 7) is 1.18. The molecule has 6 rings (SSSR count). The molecule has 212 valence electrons. The van der Waals surface area contributed by atoms with E-state index in [9.17, 15) is 22.4 Å². The van der Waals surface area contributed by atoms with E-state index in [4.69, 9.17) is 30.1 Å². The first-order valence-corrected chi connectivity index (χ1v) is 12.2. The van der Waals surface area contributed by atoms with Gasteiger partial charge in [0.25, 0.3) is 5.91 Å². The maximum absolute atomic E-state index is 14.5. The van der Waals surface area contributed by atoms with E-state index in [1.807, 2.05) is 24.3 Å². The summed E-state index contributed by atoms with van der Waals surface area (Å²) >= 11 is 0. The number of fused-ring (bicyclic) bond motifs is 4. The van der Waals surface area contributed by atoms with Crippen molar-refractivity contribution in [3.05, 3.63) is 83.4 Å². The fraction of sp³-hybridized carbons (Fsp3) is 0.214. The predicted molar refractivity (Wildman–Crippen MR) is 138 cm³/mol. The first-order chi connectivity index (χ1) is 19.4. The molecule has 13 heteroatoms. The number of hydrogen-bond donors (Lipinski definition) is 2. The van der Waals surface area contributed by atoms with Crippen LogP contribution < -0.4 is 10.5 Å². The minimum Gasteiger partial charge on any atom is -0.475 e. The fourth-order valence-corrected chi connectivity index (χ4v) is 4.82. The highest BCUT2D eigenvalue weighted by Crippen LogP contribution is 2.53. The highest BCUT2D eigenvalue weighted by molar-refractivity contribution is 6.10. The molecule has 0 radical (unpaired) electrons. The maximum atomic E-state index is 14.5. The van der Waals surface area contributed by atoms with Crippen molar-refractivity contribution in [2.75, 3.05) is 20.3 Å². The quantitative estimate of drug-likeness (QED) is 0.344. The number of ether oxygens (including phenoxy) is 2. The second kappa shape index (κ2) is 10.3. The van der Waals surface area contributed by atoms with Crippen molar-refractivity contribution in [3.8, 4) is 22.6 Å². The van der Waals surface area contributed by atoms with E-state index in [1.165, 1.54) is 11.1 Å². The van der Waals surface area contributed by atoms with Gasteiger partial charge in [0.2, 0.25) is 11.5 Å². The average Bonchev–Trinajstić information content (AvgIpc) is 3.18. The van der Waals surface area contributed by atoms with Gasteiger partial charge in [-0.2, -0.15) is 17.6 Å². The topological polar surface area (TPSA) is 127 Å². The Kier molecular flexibility index (Phi) is 6.99. The number of likely N-dealkylation sites (N-methyl/N-ethyl adjacent to an activating group) is 1. The van der Waals surface area contributed by atoms with Gasteiger partial charge in [-0.05, 0) is 59.5 Å². The van der Waals surface area contributed by atoms with Crippen molar-refractivity contribution in [1.29, 1.82) is 0 Å². The van der Waals surface area contributed by atoms with E-state index in [-0.39, 0.29) is 11.9 Å². The van der Waals surface area contributed by atoms with Crippen LogP contribution in [0.15, 0.2) is 65.8 Å². The third-order valence-corrected chi connectivity index (χ3v) is 6.85. The van der Waals surface area contributed by atoms with Crippen LogP contribution in [0.5, 0.6) is 11.5 Å². The number of nitrogens with zero attached hydrogens (tertiary/aromatic N) is 3. The molecule has 1 aromatic heterocycles. The summed E-state index contributed by atoms with van der Waals surface area (Å²) < 4.78 is 57.9. The Bertz CT molecular complexity index is 1620.